The van der Waals surface area contributed by atoms with Gasteiger partial charge in [-0.1, -0.05) is 79.6 Å². The molecule has 0 aliphatic heterocycles. The van der Waals surface area contributed by atoms with Gasteiger partial charge >= 0.3 is 18.0 Å². The average molecular weight is 891 g/mol. The largest absolute Gasteiger partial charge is 0.481 e. The molecule has 0 saturated heterocycles. The van der Waals surface area contributed by atoms with Crippen LogP contribution in [0.3, 0.4) is 0 Å². The molecule has 19 nitrogen and oxygen atoms in total. The Morgan fingerprint density at radius 3 is 1.92 bits per heavy atom. The summed E-state index contributed by atoms with van der Waals surface area (Å²) in [7, 11) is 0. The molecule has 0 bridgehead atoms. The quantitative estimate of drug-likeness (QED) is 0.0187. The van der Waals surface area contributed by atoms with Crippen molar-refractivity contribution in [1.29, 1.82) is 0 Å². The fourth-order valence-electron chi connectivity index (χ4n) is 6.99. The molecule has 362 valence electrons. The van der Waals surface area contributed by atoms with Crippen molar-refractivity contribution in [3.8, 4) is 0 Å². The normalized spacial score (nSPS) is 15.4. The van der Waals surface area contributed by atoms with E-state index in [4.69, 9.17) is 35.9 Å². The van der Waals surface area contributed by atoms with Gasteiger partial charge in [-0.2, -0.15) is 0 Å². The average Bonchev–Trinajstić information content (AvgIpc) is 3.18. The lowest BCUT2D eigenvalue weighted by molar-refractivity contribution is -0.934. The van der Waals surface area contributed by atoms with Crippen LogP contribution in [0.15, 0.2) is 4.99 Å². The van der Waals surface area contributed by atoms with E-state index in [1.54, 1.807) is 0 Å². The molecule has 6 atom stereocenters. The molecule has 62 heavy (non-hydrogen) atoms. The predicted octanol–water partition coefficient (Wildman–Crippen LogP) is 3.02. The van der Waals surface area contributed by atoms with Crippen molar-refractivity contribution in [1.82, 2.24) is 16.0 Å². The summed E-state index contributed by atoms with van der Waals surface area (Å²) in [5, 5.41) is 46.2. The van der Waals surface area contributed by atoms with Crippen LogP contribution in [-0.4, -0.2) is 157 Å². The van der Waals surface area contributed by atoms with Gasteiger partial charge in [0.2, 0.25) is 11.8 Å². The molecule has 0 radical (unpaired) electrons. The van der Waals surface area contributed by atoms with E-state index in [1.165, 1.54) is 38.5 Å². The van der Waals surface area contributed by atoms with E-state index in [1.807, 2.05) is 33.0 Å². The maximum atomic E-state index is 12.5. The standard InChI is InChI=1S/C43H83N7O12/c1-7-10-12-14-15-16-18-23-50(26-32(4)51,22-17-13-11-8-2)27-33(52)28-60-30-43(5,6)31-61-29-34(9-3)62-42(59)49-41(45)46-21-19-20-35(44)39(56)47-25-37(53)48-36(40(57)58)24-38(54)55/h32-36,51-52H,7-31,44H2,1-6H3,(H6-,45,46,47,48,49,53,54,55,56,57,58,59)/p+1/t32?,33?,34?,35-,36-,50?/m0/s1. The molecule has 0 aromatic heterocycles. The molecule has 0 spiro atoms. The highest BCUT2D eigenvalue weighted by atomic mass is 16.6. The maximum Gasteiger partial charge on any atom is 0.414 e. The number of nitrogens with zero attached hydrogens (tertiary/aromatic N) is 2. The topological polar surface area (TPSA) is 294 Å². The Hall–Kier alpha value is -3.62. The number of alkyl carbamates (subject to hydrolysis) is 1. The molecular formula is C43H84N7O12+. The first kappa shape index (κ1) is 58.4. The summed E-state index contributed by atoms with van der Waals surface area (Å²) in [5.41, 5.74) is 11.3. The second kappa shape index (κ2) is 33.9. The Balaban J connectivity index is 4.79. The summed E-state index contributed by atoms with van der Waals surface area (Å²) in [6, 6.07) is -2.67. The molecule has 4 unspecified atom stereocenters. The van der Waals surface area contributed by atoms with Crippen LogP contribution < -0.4 is 27.4 Å². The number of nitrogens with one attached hydrogen (secondary N) is 3. The van der Waals surface area contributed by atoms with Crippen molar-refractivity contribution in [2.75, 3.05) is 65.7 Å². The number of nitrogens with two attached hydrogens (primary N) is 2. The fourth-order valence-corrected chi connectivity index (χ4v) is 6.99. The molecule has 11 N–H and O–H groups in total. The van der Waals surface area contributed by atoms with Crippen LogP contribution in [-0.2, 0) is 33.4 Å². The number of hydrogen-bond acceptors (Lipinski definition) is 12. The molecule has 0 heterocycles. The number of carboxylic acids is 2. The first-order valence-corrected chi connectivity index (χ1v) is 22.7. The van der Waals surface area contributed by atoms with Crippen molar-refractivity contribution in [3.63, 3.8) is 0 Å². The van der Waals surface area contributed by atoms with Gasteiger partial charge in [-0.25, -0.2) is 9.59 Å². The fraction of sp³-hybridized carbons (Fsp3) is 0.860. The van der Waals surface area contributed by atoms with Crippen LogP contribution in [0.1, 0.15) is 138 Å². The van der Waals surface area contributed by atoms with Crippen LogP contribution in [0.2, 0.25) is 0 Å². The van der Waals surface area contributed by atoms with Crippen LogP contribution in [0, 0.1) is 5.41 Å². The summed E-state index contributed by atoms with van der Waals surface area (Å²) in [4.78, 5) is 62.6. The number of aliphatic hydroxyl groups excluding tert-OH is 2. The van der Waals surface area contributed by atoms with Crippen LogP contribution >= 0.6 is 0 Å². The minimum Gasteiger partial charge on any atom is -0.481 e. The molecule has 0 aliphatic carbocycles. The van der Waals surface area contributed by atoms with Gasteiger partial charge in [0.1, 0.15) is 37.4 Å². The molecule has 0 fully saturated rings. The lowest BCUT2D eigenvalue weighted by Crippen LogP contribution is -2.57. The van der Waals surface area contributed by atoms with Crippen molar-refractivity contribution in [2.45, 2.75) is 168 Å². The Morgan fingerprint density at radius 2 is 1.37 bits per heavy atom. The van der Waals surface area contributed by atoms with E-state index >= 15 is 0 Å². The summed E-state index contributed by atoms with van der Waals surface area (Å²) in [5.74, 6) is -4.72. The summed E-state index contributed by atoms with van der Waals surface area (Å²) in [6.07, 6.45) is 10.6. The zero-order chi connectivity index (χ0) is 47.0. The van der Waals surface area contributed by atoms with Gasteiger partial charge in [-0.05, 0) is 51.9 Å². The number of amides is 3. The van der Waals surface area contributed by atoms with E-state index in [-0.39, 0.29) is 32.1 Å². The van der Waals surface area contributed by atoms with Crippen molar-refractivity contribution < 1.29 is 63.1 Å². The third-order valence-corrected chi connectivity index (χ3v) is 10.3. The van der Waals surface area contributed by atoms with Gasteiger partial charge in [-0.15, -0.1) is 0 Å². The Kier molecular flexibility index (Phi) is 31.9. The number of aliphatic carboxylic acids is 2. The lowest BCUT2D eigenvalue weighted by atomic mass is 9.96. The number of carbonyl (C=O) groups excluding carboxylic acids is 3. The minimum absolute atomic E-state index is 0.109. The van der Waals surface area contributed by atoms with Gasteiger partial charge < -0.3 is 61.2 Å². The maximum absolute atomic E-state index is 12.5. The van der Waals surface area contributed by atoms with Gasteiger partial charge in [0.15, 0.2) is 5.96 Å². The molecule has 19 heteroatoms. The number of carbonyl (C=O) groups is 5. The van der Waals surface area contributed by atoms with Crippen molar-refractivity contribution >= 4 is 35.8 Å². The number of quaternary nitrogens is 1. The number of ether oxygens (including phenoxy) is 3. The zero-order valence-electron chi connectivity index (χ0n) is 38.7. The molecule has 0 aliphatic rings. The van der Waals surface area contributed by atoms with Crippen LogP contribution in [0.5, 0.6) is 0 Å². The molecular weight excluding hydrogens is 807 g/mol. The number of aliphatic hydroxyl groups is 2. The van der Waals surface area contributed by atoms with Crippen molar-refractivity contribution in [2.24, 2.45) is 21.9 Å². The first-order valence-electron chi connectivity index (χ1n) is 22.7. The molecule has 0 aromatic carbocycles. The van der Waals surface area contributed by atoms with Crippen LogP contribution in [0.25, 0.3) is 0 Å². The predicted molar refractivity (Wildman–Crippen MR) is 237 cm³/mol. The third kappa shape index (κ3) is 30.4. The SMILES string of the molecule is CCCCCCCCC[N+](CCCCCC)(CC(C)O)CC(O)COCC(C)(C)COCC(CC)OC(=O)NC(N)=NCCC[C@H](N)C(=O)NCC(=O)N[C@@H](CC(=O)O)C(=O)O. The number of rotatable bonds is 38. The Morgan fingerprint density at radius 1 is 0.806 bits per heavy atom. The number of aliphatic imine (C=N–C) groups is 1. The van der Waals surface area contributed by atoms with Crippen LogP contribution in [0.4, 0.5) is 4.79 Å². The highest BCUT2D eigenvalue weighted by Crippen LogP contribution is 2.20. The van der Waals surface area contributed by atoms with Gasteiger partial charge in [-0.3, -0.25) is 24.7 Å². The highest BCUT2D eigenvalue weighted by molar-refractivity contribution is 5.93. The Labute approximate surface area is 370 Å². The van der Waals surface area contributed by atoms with E-state index < -0.39 is 78.6 Å². The van der Waals surface area contributed by atoms with Gasteiger partial charge in [0.05, 0.1) is 58.5 Å². The zero-order valence-corrected chi connectivity index (χ0v) is 38.7. The monoisotopic (exact) mass is 891 g/mol. The number of hydrogen-bond donors (Lipinski definition) is 9. The van der Waals surface area contributed by atoms with E-state index in [2.05, 4.69) is 29.5 Å². The van der Waals surface area contributed by atoms with E-state index in [0.717, 1.165) is 45.2 Å². The molecule has 0 saturated carbocycles. The summed E-state index contributed by atoms with van der Waals surface area (Å²) in [6.45, 7) is 15.6. The molecule has 3 amide bonds. The smallest absolute Gasteiger partial charge is 0.414 e. The Bertz CT molecular complexity index is 1310. The van der Waals surface area contributed by atoms with Gasteiger partial charge in [0, 0.05) is 12.0 Å². The van der Waals surface area contributed by atoms with Gasteiger partial charge in [0.25, 0.3) is 0 Å². The summed E-state index contributed by atoms with van der Waals surface area (Å²) < 4.78 is 18.1. The van der Waals surface area contributed by atoms with E-state index in [9.17, 15) is 34.2 Å². The highest BCUT2D eigenvalue weighted by Gasteiger charge is 2.32. The molecule has 0 aromatic rings. The first-order chi connectivity index (χ1) is 29.3. The minimum atomic E-state index is -1.65. The second-order valence-electron chi connectivity index (χ2n) is 17.4. The summed E-state index contributed by atoms with van der Waals surface area (Å²) >= 11 is 0. The number of unbranched alkanes of at least 4 members (excludes halogenated alkanes) is 9. The second-order valence-corrected chi connectivity index (χ2v) is 17.4. The molecule has 0 rings (SSSR count). The number of guanidine groups is 1. The third-order valence-electron chi connectivity index (χ3n) is 10.3. The number of carboxylic acid groups (broad SMARTS) is 2. The lowest BCUT2D eigenvalue weighted by Gasteiger charge is -2.41. The van der Waals surface area contributed by atoms with E-state index in [0.29, 0.717) is 43.6 Å². The van der Waals surface area contributed by atoms with Crippen molar-refractivity contribution in [3.05, 3.63) is 0 Å².